The number of hydrogen-bond donors (Lipinski definition) is 3. The molecule has 150 valence electrons. The molecule has 2 fully saturated rings. The van der Waals surface area contributed by atoms with E-state index < -0.39 is 17.3 Å². The normalized spacial score (nSPS) is 28.2. The van der Waals surface area contributed by atoms with Crippen molar-refractivity contribution in [3.05, 3.63) is 35.6 Å². The van der Waals surface area contributed by atoms with Gasteiger partial charge in [-0.2, -0.15) is 0 Å². The third kappa shape index (κ3) is 4.85. The van der Waals surface area contributed by atoms with Crippen LogP contribution in [0, 0.1) is 5.82 Å². The van der Waals surface area contributed by atoms with E-state index in [0.29, 0.717) is 58.5 Å². The molecular weight excluding hydrogens is 351 g/mol. The summed E-state index contributed by atoms with van der Waals surface area (Å²) < 4.78 is 18.7. The van der Waals surface area contributed by atoms with Crippen molar-refractivity contribution in [3.63, 3.8) is 0 Å². The molecule has 27 heavy (non-hydrogen) atoms. The Bertz CT molecular complexity index is 642. The Morgan fingerprint density at radius 2 is 1.96 bits per heavy atom. The van der Waals surface area contributed by atoms with Crippen LogP contribution in [0.4, 0.5) is 4.39 Å². The van der Waals surface area contributed by atoms with Crippen molar-refractivity contribution in [1.82, 2.24) is 10.2 Å². The fourth-order valence-electron chi connectivity index (χ4n) is 4.01. The molecule has 2 saturated heterocycles. The number of ether oxygens (including phenoxy) is 1. The Hall–Kier alpha value is -1.54. The topological polar surface area (TPSA) is 82.0 Å². The Labute approximate surface area is 159 Å². The molecule has 1 aromatic rings. The minimum Gasteiger partial charge on any atom is -0.387 e. The third-order valence-electron chi connectivity index (χ3n) is 5.80. The molecule has 0 aromatic heterocycles. The Morgan fingerprint density at radius 3 is 2.63 bits per heavy atom. The van der Waals surface area contributed by atoms with E-state index in [1.165, 1.54) is 12.1 Å². The van der Waals surface area contributed by atoms with Gasteiger partial charge in [-0.05, 0) is 43.9 Å². The van der Waals surface area contributed by atoms with Crippen LogP contribution < -0.4 is 5.32 Å². The van der Waals surface area contributed by atoms with Crippen LogP contribution in [0.3, 0.4) is 0 Å². The van der Waals surface area contributed by atoms with Crippen molar-refractivity contribution in [2.75, 3.05) is 32.8 Å². The number of carbonyl (C=O) groups excluding carboxylic acids is 1. The molecule has 7 heteroatoms. The van der Waals surface area contributed by atoms with E-state index in [2.05, 4.69) is 5.32 Å². The third-order valence-corrected chi connectivity index (χ3v) is 5.80. The number of amides is 1. The van der Waals surface area contributed by atoms with Crippen LogP contribution in [-0.2, 0) is 16.0 Å². The van der Waals surface area contributed by atoms with E-state index in [-0.39, 0.29) is 11.7 Å². The minimum absolute atomic E-state index is 0.0508. The summed E-state index contributed by atoms with van der Waals surface area (Å²) in [7, 11) is 0. The molecule has 3 rings (SSSR count). The van der Waals surface area contributed by atoms with Gasteiger partial charge in [-0.3, -0.25) is 9.69 Å². The second-order valence-electron chi connectivity index (χ2n) is 7.93. The smallest absolute Gasteiger partial charge is 0.234 e. The molecule has 3 N–H and O–H groups in total. The quantitative estimate of drug-likeness (QED) is 0.706. The van der Waals surface area contributed by atoms with Gasteiger partial charge in [0.2, 0.25) is 5.91 Å². The lowest BCUT2D eigenvalue weighted by molar-refractivity contribution is -0.246. The van der Waals surface area contributed by atoms with Crippen LogP contribution in [0.2, 0.25) is 0 Å². The van der Waals surface area contributed by atoms with E-state index in [4.69, 9.17) is 4.74 Å². The highest BCUT2D eigenvalue weighted by Crippen LogP contribution is 2.39. The first-order valence-electron chi connectivity index (χ1n) is 9.59. The summed E-state index contributed by atoms with van der Waals surface area (Å²) in [5.74, 6) is -0.315. The second-order valence-corrected chi connectivity index (χ2v) is 7.93. The largest absolute Gasteiger partial charge is 0.387 e. The first-order chi connectivity index (χ1) is 12.8. The number of nitrogens with zero attached hydrogens (tertiary/aromatic N) is 1. The molecule has 1 amide bonds. The van der Waals surface area contributed by atoms with Gasteiger partial charge in [0.05, 0.1) is 24.4 Å². The van der Waals surface area contributed by atoms with E-state index in [9.17, 15) is 19.4 Å². The van der Waals surface area contributed by atoms with Crippen molar-refractivity contribution >= 4 is 5.91 Å². The van der Waals surface area contributed by atoms with Gasteiger partial charge in [0, 0.05) is 26.1 Å². The molecule has 2 atom stereocenters. The number of likely N-dealkylation sites (tertiary alicyclic amines) is 1. The fraction of sp³-hybridized carbons (Fsp3) is 0.650. The summed E-state index contributed by atoms with van der Waals surface area (Å²) in [6, 6.07) is 6.27. The van der Waals surface area contributed by atoms with Gasteiger partial charge in [-0.1, -0.05) is 12.1 Å². The number of carbonyl (C=O) groups is 1. The number of piperidine rings is 1. The number of hydrogen-bond acceptors (Lipinski definition) is 5. The summed E-state index contributed by atoms with van der Waals surface area (Å²) in [6.45, 7) is 4.17. The Kier molecular flexibility index (Phi) is 6.15. The summed E-state index contributed by atoms with van der Waals surface area (Å²) in [4.78, 5) is 14.2. The van der Waals surface area contributed by atoms with Gasteiger partial charge in [0.15, 0.2) is 0 Å². The van der Waals surface area contributed by atoms with Crippen molar-refractivity contribution in [1.29, 1.82) is 0 Å². The molecule has 0 aliphatic carbocycles. The maximum atomic E-state index is 12.9. The molecule has 0 saturated carbocycles. The lowest BCUT2D eigenvalue weighted by Gasteiger charge is -2.51. The summed E-state index contributed by atoms with van der Waals surface area (Å²) in [5.41, 5.74) is -0.859. The summed E-state index contributed by atoms with van der Waals surface area (Å²) in [5, 5.41) is 23.8. The molecule has 2 aliphatic heterocycles. The average Bonchev–Trinajstić information content (AvgIpc) is 2.63. The van der Waals surface area contributed by atoms with Gasteiger partial charge in [-0.25, -0.2) is 4.39 Å². The molecule has 1 aromatic carbocycles. The number of aliphatic hydroxyl groups is 2. The lowest BCUT2D eigenvalue weighted by atomic mass is 9.75. The lowest BCUT2D eigenvalue weighted by Crippen LogP contribution is -2.64. The van der Waals surface area contributed by atoms with E-state index in [1.807, 2.05) is 4.90 Å². The zero-order valence-electron chi connectivity index (χ0n) is 15.8. The first kappa shape index (κ1) is 20.2. The van der Waals surface area contributed by atoms with Crippen molar-refractivity contribution in [2.45, 2.75) is 49.9 Å². The van der Waals surface area contributed by atoms with Gasteiger partial charge in [0.25, 0.3) is 0 Å². The Balaban J connectivity index is 1.41. The predicted octanol–water partition coefficient (Wildman–Crippen LogP) is 0.851. The van der Waals surface area contributed by atoms with E-state index >= 15 is 0 Å². The molecule has 0 bridgehead atoms. The fourth-order valence-corrected chi connectivity index (χ4v) is 4.01. The Morgan fingerprint density at radius 1 is 1.30 bits per heavy atom. The van der Waals surface area contributed by atoms with Crippen LogP contribution in [0.5, 0.6) is 0 Å². The molecule has 6 nitrogen and oxygen atoms in total. The summed E-state index contributed by atoms with van der Waals surface area (Å²) in [6.07, 6.45) is 1.35. The standard InChI is InChI=1S/C20H29FN2O4/c1-19(26)9-13-27-20(18(19)25)7-11-23(12-8-20)14-17(24)22-10-6-15-2-4-16(21)5-3-15/h2-5,18,25-26H,6-14H2,1H3,(H,22,24)/t18-,19+/m0/s1. The van der Waals surface area contributed by atoms with Crippen LogP contribution in [-0.4, -0.2) is 71.1 Å². The molecule has 0 radical (unpaired) electrons. The van der Waals surface area contributed by atoms with Crippen molar-refractivity contribution in [2.24, 2.45) is 0 Å². The predicted molar refractivity (Wildman–Crippen MR) is 98.7 cm³/mol. The van der Waals surface area contributed by atoms with E-state index in [1.54, 1.807) is 19.1 Å². The second kappa shape index (κ2) is 8.22. The van der Waals surface area contributed by atoms with E-state index in [0.717, 1.165) is 5.56 Å². The van der Waals surface area contributed by atoms with Crippen molar-refractivity contribution < 1.29 is 24.1 Å². The van der Waals surface area contributed by atoms with Crippen LogP contribution in [0.15, 0.2) is 24.3 Å². The number of halogens is 1. The van der Waals surface area contributed by atoms with Gasteiger partial charge in [-0.15, -0.1) is 0 Å². The highest BCUT2D eigenvalue weighted by atomic mass is 19.1. The van der Waals surface area contributed by atoms with Crippen LogP contribution >= 0.6 is 0 Å². The van der Waals surface area contributed by atoms with Gasteiger partial charge < -0.3 is 20.3 Å². The zero-order chi connectivity index (χ0) is 19.5. The first-order valence-corrected chi connectivity index (χ1v) is 9.59. The van der Waals surface area contributed by atoms with Crippen LogP contribution in [0.25, 0.3) is 0 Å². The molecular formula is C20H29FN2O4. The van der Waals surface area contributed by atoms with Crippen molar-refractivity contribution in [3.8, 4) is 0 Å². The number of nitrogens with one attached hydrogen (secondary N) is 1. The monoisotopic (exact) mass is 380 g/mol. The highest BCUT2D eigenvalue weighted by molar-refractivity contribution is 5.78. The van der Waals surface area contributed by atoms with Gasteiger partial charge in [0.1, 0.15) is 11.9 Å². The van der Waals surface area contributed by atoms with Crippen LogP contribution in [0.1, 0.15) is 31.7 Å². The zero-order valence-corrected chi connectivity index (χ0v) is 15.8. The maximum absolute atomic E-state index is 12.9. The van der Waals surface area contributed by atoms with Gasteiger partial charge >= 0.3 is 0 Å². The highest BCUT2D eigenvalue weighted by Gasteiger charge is 2.52. The molecule has 2 heterocycles. The maximum Gasteiger partial charge on any atom is 0.234 e. The number of aliphatic hydroxyl groups excluding tert-OH is 1. The minimum atomic E-state index is -1.13. The summed E-state index contributed by atoms with van der Waals surface area (Å²) >= 11 is 0. The average molecular weight is 380 g/mol. The molecule has 2 aliphatic rings. The molecule has 1 spiro atoms. The molecule has 0 unspecified atom stereocenters. The SMILES string of the molecule is C[C@@]1(O)CCOC2(CCN(CC(=O)NCCc3ccc(F)cc3)CC2)[C@H]1O. The number of rotatable bonds is 5. The number of benzene rings is 1.